The molecule has 2 heterocycles. The molecule has 0 aromatic carbocycles. The van der Waals surface area contributed by atoms with Crippen molar-refractivity contribution in [2.45, 2.75) is 64.3 Å². The molecule has 0 radical (unpaired) electrons. The van der Waals surface area contributed by atoms with E-state index < -0.39 is 5.41 Å². The summed E-state index contributed by atoms with van der Waals surface area (Å²) in [4.78, 5) is 41.1. The van der Waals surface area contributed by atoms with Gasteiger partial charge in [0, 0.05) is 32.2 Å². The van der Waals surface area contributed by atoms with E-state index in [1.54, 1.807) is 11.8 Å². The zero-order valence-electron chi connectivity index (χ0n) is 15.8. The van der Waals surface area contributed by atoms with Crippen LogP contribution in [0.25, 0.3) is 0 Å². The SMILES string of the molecule is CCOC(=O)N1CCC(NC(=O)C2(C(=O)N3CCCCCC3)CC2)CC1. The number of rotatable bonds is 4. The van der Waals surface area contributed by atoms with Crippen LogP contribution in [0.5, 0.6) is 0 Å². The summed E-state index contributed by atoms with van der Waals surface area (Å²) in [5.74, 6) is -0.0813. The van der Waals surface area contributed by atoms with Gasteiger partial charge < -0.3 is 19.9 Å². The second kappa shape index (κ2) is 8.27. The fourth-order valence-electron chi connectivity index (χ4n) is 3.98. The number of ether oxygens (including phenoxy) is 1. The van der Waals surface area contributed by atoms with Crippen LogP contribution in [0.1, 0.15) is 58.3 Å². The van der Waals surface area contributed by atoms with Crippen molar-refractivity contribution in [3.05, 3.63) is 0 Å². The first-order valence-corrected chi connectivity index (χ1v) is 10.1. The number of piperidine rings is 1. The molecule has 1 aliphatic carbocycles. The van der Waals surface area contributed by atoms with Gasteiger partial charge in [-0.1, -0.05) is 12.8 Å². The third-order valence-electron chi connectivity index (χ3n) is 5.84. The summed E-state index contributed by atoms with van der Waals surface area (Å²) in [6.07, 6.45) is 6.87. The molecule has 0 unspecified atom stereocenters. The van der Waals surface area contributed by atoms with E-state index in [0.717, 1.165) is 25.9 Å². The summed E-state index contributed by atoms with van der Waals surface area (Å²) < 4.78 is 5.02. The summed E-state index contributed by atoms with van der Waals surface area (Å²) in [5, 5.41) is 3.08. The Morgan fingerprint density at radius 3 is 2.12 bits per heavy atom. The molecule has 7 nitrogen and oxygen atoms in total. The maximum Gasteiger partial charge on any atom is 0.409 e. The van der Waals surface area contributed by atoms with Crippen LogP contribution in [0, 0.1) is 5.41 Å². The maximum atomic E-state index is 12.9. The topological polar surface area (TPSA) is 79.0 Å². The van der Waals surface area contributed by atoms with Crippen molar-refractivity contribution in [1.82, 2.24) is 15.1 Å². The predicted octanol–water partition coefficient (Wildman–Crippen LogP) is 1.91. The zero-order valence-corrected chi connectivity index (χ0v) is 15.8. The minimum atomic E-state index is -0.817. The Balaban J connectivity index is 1.50. The van der Waals surface area contributed by atoms with Gasteiger partial charge in [-0.3, -0.25) is 9.59 Å². The van der Waals surface area contributed by atoms with E-state index in [2.05, 4.69) is 5.32 Å². The highest BCUT2D eigenvalue weighted by molar-refractivity contribution is 6.08. The van der Waals surface area contributed by atoms with E-state index in [1.165, 1.54) is 12.8 Å². The van der Waals surface area contributed by atoms with Crippen LogP contribution in [-0.4, -0.2) is 66.5 Å². The summed E-state index contributed by atoms with van der Waals surface area (Å²) in [5.41, 5.74) is -0.817. The number of nitrogens with one attached hydrogen (secondary N) is 1. The Labute approximate surface area is 155 Å². The first kappa shape index (κ1) is 19.0. The third kappa shape index (κ3) is 4.13. The molecule has 0 aromatic heterocycles. The molecule has 0 aromatic rings. The first-order valence-electron chi connectivity index (χ1n) is 10.1. The summed E-state index contributed by atoms with van der Waals surface area (Å²) in [6.45, 7) is 4.89. The van der Waals surface area contributed by atoms with Crippen molar-refractivity contribution in [1.29, 1.82) is 0 Å². The Hall–Kier alpha value is -1.79. The Kier molecular flexibility index (Phi) is 6.04. The van der Waals surface area contributed by atoms with Gasteiger partial charge >= 0.3 is 6.09 Å². The van der Waals surface area contributed by atoms with E-state index in [4.69, 9.17) is 4.74 Å². The van der Waals surface area contributed by atoms with Crippen LogP contribution in [0.3, 0.4) is 0 Å². The van der Waals surface area contributed by atoms with Crippen LogP contribution in [0.15, 0.2) is 0 Å². The molecule has 7 heteroatoms. The maximum absolute atomic E-state index is 12.9. The lowest BCUT2D eigenvalue weighted by atomic mass is 10.00. The highest BCUT2D eigenvalue weighted by Crippen LogP contribution is 2.48. The van der Waals surface area contributed by atoms with E-state index in [1.807, 2.05) is 4.90 Å². The van der Waals surface area contributed by atoms with Crippen molar-refractivity contribution in [2.24, 2.45) is 5.41 Å². The number of nitrogens with zero attached hydrogens (tertiary/aromatic N) is 2. The van der Waals surface area contributed by atoms with E-state index in [9.17, 15) is 14.4 Å². The van der Waals surface area contributed by atoms with Gasteiger partial charge in [0.25, 0.3) is 0 Å². The zero-order chi connectivity index (χ0) is 18.6. The molecule has 1 saturated carbocycles. The number of hydrogen-bond donors (Lipinski definition) is 1. The van der Waals surface area contributed by atoms with Crippen molar-refractivity contribution in [3.63, 3.8) is 0 Å². The van der Waals surface area contributed by atoms with E-state index in [-0.39, 0.29) is 23.9 Å². The molecule has 0 bridgehead atoms. The number of hydrogen-bond acceptors (Lipinski definition) is 4. The minimum absolute atomic E-state index is 0.0286. The van der Waals surface area contributed by atoms with Gasteiger partial charge in [-0.15, -0.1) is 0 Å². The molecular formula is C19H31N3O4. The Bertz CT molecular complexity index is 531. The normalized spacial score (nSPS) is 23.1. The quantitative estimate of drug-likeness (QED) is 0.772. The van der Waals surface area contributed by atoms with Crippen LogP contribution in [-0.2, 0) is 14.3 Å². The van der Waals surface area contributed by atoms with Crippen LogP contribution in [0.2, 0.25) is 0 Å². The number of carbonyl (C=O) groups is 3. The molecule has 3 aliphatic rings. The van der Waals surface area contributed by atoms with Gasteiger partial charge in [-0.05, 0) is 45.4 Å². The van der Waals surface area contributed by atoms with Gasteiger partial charge in [0.05, 0.1) is 6.61 Å². The molecule has 3 fully saturated rings. The highest BCUT2D eigenvalue weighted by Gasteiger charge is 2.58. The number of carbonyl (C=O) groups excluding carboxylic acids is 3. The summed E-state index contributed by atoms with van der Waals surface area (Å²) >= 11 is 0. The van der Waals surface area contributed by atoms with Gasteiger partial charge in [-0.2, -0.15) is 0 Å². The number of amides is 3. The Morgan fingerprint density at radius 1 is 0.962 bits per heavy atom. The van der Waals surface area contributed by atoms with Crippen LogP contribution < -0.4 is 5.32 Å². The smallest absolute Gasteiger partial charge is 0.409 e. The van der Waals surface area contributed by atoms with Gasteiger partial charge in [-0.25, -0.2) is 4.79 Å². The second-order valence-electron chi connectivity index (χ2n) is 7.72. The van der Waals surface area contributed by atoms with Crippen LogP contribution in [0.4, 0.5) is 4.79 Å². The minimum Gasteiger partial charge on any atom is -0.450 e. The molecule has 3 rings (SSSR count). The van der Waals surface area contributed by atoms with Crippen molar-refractivity contribution < 1.29 is 19.1 Å². The van der Waals surface area contributed by atoms with Crippen molar-refractivity contribution in [3.8, 4) is 0 Å². The fraction of sp³-hybridized carbons (Fsp3) is 0.842. The third-order valence-corrected chi connectivity index (χ3v) is 5.84. The lowest BCUT2D eigenvalue weighted by Gasteiger charge is -2.33. The number of likely N-dealkylation sites (tertiary alicyclic amines) is 2. The van der Waals surface area contributed by atoms with Crippen molar-refractivity contribution in [2.75, 3.05) is 32.8 Å². The molecule has 146 valence electrons. The molecule has 0 atom stereocenters. The highest BCUT2D eigenvalue weighted by atomic mass is 16.6. The Morgan fingerprint density at radius 2 is 1.58 bits per heavy atom. The van der Waals surface area contributed by atoms with Crippen molar-refractivity contribution >= 4 is 17.9 Å². The molecular weight excluding hydrogens is 334 g/mol. The predicted molar refractivity (Wildman–Crippen MR) is 96.5 cm³/mol. The first-order chi connectivity index (χ1) is 12.6. The molecule has 3 amide bonds. The average Bonchev–Trinajstić information content (AvgIpc) is 3.47. The van der Waals surface area contributed by atoms with Gasteiger partial charge in [0.2, 0.25) is 11.8 Å². The fourth-order valence-corrected chi connectivity index (χ4v) is 3.98. The summed E-state index contributed by atoms with van der Waals surface area (Å²) in [7, 11) is 0. The lowest BCUT2D eigenvalue weighted by Crippen LogP contribution is -2.51. The average molecular weight is 365 g/mol. The molecule has 1 N–H and O–H groups in total. The summed E-state index contributed by atoms with van der Waals surface area (Å²) in [6, 6.07) is 0.0302. The second-order valence-corrected chi connectivity index (χ2v) is 7.72. The molecule has 0 spiro atoms. The van der Waals surface area contributed by atoms with E-state index in [0.29, 0.717) is 45.4 Å². The van der Waals surface area contributed by atoms with Crippen LogP contribution >= 0.6 is 0 Å². The van der Waals surface area contributed by atoms with E-state index >= 15 is 0 Å². The monoisotopic (exact) mass is 365 g/mol. The van der Waals surface area contributed by atoms with Gasteiger partial charge in [0.1, 0.15) is 5.41 Å². The standard InChI is InChI=1S/C19H31N3O4/c1-2-26-18(25)22-13-7-15(8-14-22)20-16(23)19(9-10-19)17(24)21-11-5-3-4-6-12-21/h15H,2-14H2,1H3,(H,20,23). The molecule has 2 aliphatic heterocycles. The lowest BCUT2D eigenvalue weighted by molar-refractivity contribution is -0.144. The largest absolute Gasteiger partial charge is 0.450 e. The molecule has 2 saturated heterocycles. The van der Waals surface area contributed by atoms with Gasteiger partial charge in [0.15, 0.2) is 0 Å². The molecule has 26 heavy (non-hydrogen) atoms.